The lowest BCUT2D eigenvalue weighted by atomic mass is 9.98. The molecule has 2 N–H and O–H groups in total. The van der Waals surface area contributed by atoms with Gasteiger partial charge in [-0.05, 0) is 48.8 Å². The van der Waals surface area contributed by atoms with E-state index in [-0.39, 0.29) is 6.04 Å². The van der Waals surface area contributed by atoms with Crippen LogP contribution in [0.25, 0.3) is 0 Å². The van der Waals surface area contributed by atoms with Crippen molar-refractivity contribution in [2.24, 2.45) is 0 Å². The van der Waals surface area contributed by atoms with Crippen LogP contribution in [-0.2, 0) is 0 Å². The van der Waals surface area contributed by atoms with E-state index in [9.17, 15) is 0 Å². The summed E-state index contributed by atoms with van der Waals surface area (Å²) in [5, 5.41) is 7.12. The van der Waals surface area contributed by atoms with Crippen LogP contribution in [-0.4, -0.2) is 10.1 Å². The molecule has 25 heavy (non-hydrogen) atoms. The van der Waals surface area contributed by atoms with Crippen molar-refractivity contribution in [3.05, 3.63) is 95.2 Å². The van der Waals surface area contributed by atoms with E-state index in [2.05, 4.69) is 58.9 Å². The molecule has 0 saturated heterocycles. The average molecular weight is 347 g/mol. The Labute approximate surface area is 154 Å². The molecule has 0 aliphatic heterocycles. The number of nitrogens with zero attached hydrogens (tertiary/aromatic N) is 1. The van der Waals surface area contributed by atoms with Crippen LogP contribution < -0.4 is 10.6 Å². The Kier molecular flexibility index (Phi) is 5.41. The Bertz CT molecular complexity index is 827. The summed E-state index contributed by atoms with van der Waals surface area (Å²) in [5.74, 6) is 0.735. The Balaban J connectivity index is 1.81. The highest BCUT2D eigenvalue weighted by Crippen LogP contribution is 2.22. The minimum absolute atomic E-state index is 0.0211. The minimum atomic E-state index is -0.0211. The Morgan fingerprint density at radius 2 is 1.48 bits per heavy atom. The first kappa shape index (κ1) is 17.1. The van der Waals surface area contributed by atoms with Gasteiger partial charge in [-0.2, -0.15) is 0 Å². The van der Waals surface area contributed by atoms with Crippen molar-refractivity contribution in [3.63, 3.8) is 0 Å². The summed E-state index contributed by atoms with van der Waals surface area (Å²) < 4.78 is 0. The second-order valence-corrected chi connectivity index (χ2v) is 6.48. The molecule has 126 valence electrons. The summed E-state index contributed by atoms with van der Waals surface area (Å²) in [4.78, 5) is 4.34. The van der Waals surface area contributed by atoms with Crippen molar-refractivity contribution in [2.45, 2.75) is 19.9 Å². The van der Waals surface area contributed by atoms with Crippen LogP contribution in [0.2, 0.25) is 0 Å². The van der Waals surface area contributed by atoms with E-state index in [1.165, 1.54) is 5.56 Å². The highest BCUT2D eigenvalue weighted by Gasteiger charge is 2.15. The maximum atomic E-state index is 5.51. The van der Waals surface area contributed by atoms with Gasteiger partial charge in [0.2, 0.25) is 0 Å². The molecular weight excluding hydrogens is 326 g/mol. The van der Waals surface area contributed by atoms with Crippen LogP contribution in [0.15, 0.2) is 72.9 Å². The summed E-state index contributed by atoms with van der Waals surface area (Å²) in [6.07, 6.45) is 1.82. The standard InChI is InChI=1S/C21H21N3S/c1-15-8-11-18(12-9-15)20(17-6-4-3-5-7-17)24-21(25)23-19-13-10-16(2)14-22-19/h3-14,20H,1-2H3,(H2,22,23,24,25). The third-order valence-corrected chi connectivity index (χ3v) is 4.19. The molecule has 0 aliphatic carbocycles. The topological polar surface area (TPSA) is 37.0 Å². The van der Waals surface area contributed by atoms with Gasteiger partial charge < -0.3 is 10.6 Å². The molecule has 0 bridgehead atoms. The van der Waals surface area contributed by atoms with Crippen molar-refractivity contribution in [1.29, 1.82) is 0 Å². The fourth-order valence-electron chi connectivity index (χ4n) is 2.59. The first-order valence-electron chi connectivity index (χ1n) is 8.23. The smallest absolute Gasteiger partial charge is 0.172 e. The minimum Gasteiger partial charge on any atom is -0.351 e. The predicted molar refractivity (Wildman–Crippen MR) is 108 cm³/mol. The number of hydrogen-bond donors (Lipinski definition) is 2. The monoisotopic (exact) mass is 347 g/mol. The number of hydrogen-bond acceptors (Lipinski definition) is 2. The zero-order valence-corrected chi connectivity index (χ0v) is 15.2. The number of thiocarbonyl (C=S) groups is 1. The summed E-state index contributed by atoms with van der Waals surface area (Å²) in [6, 6.07) is 22.7. The van der Waals surface area contributed by atoms with E-state index in [0.717, 1.165) is 22.5 Å². The second kappa shape index (κ2) is 7.90. The van der Waals surface area contributed by atoms with E-state index in [1.807, 2.05) is 43.5 Å². The molecule has 1 heterocycles. The van der Waals surface area contributed by atoms with Gasteiger partial charge in [0.15, 0.2) is 5.11 Å². The van der Waals surface area contributed by atoms with Gasteiger partial charge in [0.25, 0.3) is 0 Å². The van der Waals surface area contributed by atoms with Crippen LogP contribution in [0, 0.1) is 13.8 Å². The zero-order valence-electron chi connectivity index (χ0n) is 14.4. The third kappa shape index (κ3) is 4.64. The molecule has 1 aromatic heterocycles. The zero-order chi connectivity index (χ0) is 17.6. The lowest BCUT2D eigenvalue weighted by Crippen LogP contribution is -2.33. The predicted octanol–water partition coefficient (Wildman–Crippen LogP) is 4.77. The van der Waals surface area contributed by atoms with Gasteiger partial charge in [-0.15, -0.1) is 0 Å². The van der Waals surface area contributed by atoms with E-state index in [1.54, 1.807) is 0 Å². The van der Waals surface area contributed by atoms with E-state index < -0.39 is 0 Å². The van der Waals surface area contributed by atoms with Crippen LogP contribution in [0.4, 0.5) is 5.82 Å². The fraction of sp³-hybridized carbons (Fsp3) is 0.143. The molecule has 2 aromatic carbocycles. The third-order valence-electron chi connectivity index (χ3n) is 3.97. The molecular formula is C21H21N3S. The second-order valence-electron chi connectivity index (χ2n) is 6.07. The van der Waals surface area contributed by atoms with Crippen LogP contribution in [0.3, 0.4) is 0 Å². The maximum absolute atomic E-state index is 5.51. The van der Waals surface area contributed by atoms with Crippen LogP contribution >= 0.6 is 12.2 Å². The quantitative estimate of drug-likeness (QED) is 0.666. The highest BCUT2D eigenvalue weighted by molar-refractivity contribution is 7.80. The van der Waals surface area contributed by atoms with E-state index in [4.69, 9.17) is 12.2 Å². The molecule has 0 aliphatic rings. The summed E-state index contributed by atoms with van der Waals surface area (Å²) in [6.45, 7) is 4.10. The van der Waals surface area contributed by atoms with E-state index >= 15 is 0 Å². The van der Waals surface area contributed by atoms with Crippen molar-refractivity contribution < 1.29 is 0 Å². The maximum Gasteiger partial charge on any atom is 0.172 e. The number of nitrogens with one attached hydrogen (secondary N) is 2. The van der Waals surface area contributed by atoms with E-state index in [0.29, 0.717) is 5.11 Å². The molecule has 3 nitrogen and oxygen atoms in total. The first-order chi connectivity index (χ1) is 12.1. The Morgan fingerprint density at radius 3 is 2.12 bits per heavy atom. The number of anilines is 1. The fourth-order valence-corrected chi connectivity index (χ4v) is 2.81. The normalized spacial score (nSPS) is 11.6. The van der Waals surface area contributed by atoms with Crippen molar-refractivity contribution >= 4 is 23.1 Å². The lowest BCUT2D eigenvalue weighted by Gasteiger charge is -2.22. The van der Waals surface area contributed by atoms with Crippen molar-refractivity contribution in [1.82, 2.24) is 10.3 Å². The first-order valence-corrected chi connectivity index (χ1v) is 8.64. The van der Waals surface area contributed by atoms with Gasteiger partial charge in [0.1, 0.15) is 5.82 Å². The van der Waals surface area contributed by atoms with Gasteiger partial charge in [-0.25, -0.2) is 4.98 Å². The van der Waals surface area contributed by atoms with Crippen LogP contribution in [0.1, 0.15) is 28.3 Å². The van der Waals surface area contributed by atoms with Crippen molar-refractivity contribution in [2.75, 3.05) is 5.32 Å². The van der Waals surface area contributed by atoms with Gasteiger partial charge in [0, 0.05) is 6.20 Å². The number of pyridine rings is 1. The summed E-state index contributed by atoms with van der Waals surface area (Å²) in [7, 11) is 0. The molecule has 3 rings (SSSR count). The van der Waals surface area contributed by atoms with Gasteiger partial charge >= 0.3 is 0 Å². The number of benzene rings is 2. The van der Waals surface area contributed by atoms with Crippen LogP contribution in [0.5, 0.6) is 0 Å². The lowest BCUT2D eigenvalue weighted by molar-refractivity contribution is 0.768. The molecule has 4 heteroatoms. The molecule has 0 saturated carbocycles. The molecule has 0 amide bonds. The number of aromatic nitrogens is 1. The number of rotatable bonds is 4. The average Bonchev–Trinajstić information content (AvgIpc) is 2.63. The summed E-state index contributed by atoms with van der Waals surface area (Å²) >= 11 is 5.51. The van der Waals surface area contributed by atoms with Crippen molar-refractivity contribution in [3.8, 4) is 0 Å². The molecule has 0 radical (unpaired) electrons. The van der Waals surface area contributed by atoms with Gasteiger partial charge in [-0.3, -0.25) is 0 Å². The molecule has 1 unspecified atom stereocenters. The molecule has 1 atom stereocenters. The Hall–Kier alpha value is -2.72. The van der Waals surface area contributed by atoms with Gasteiger partial charge in [-0.1, -0.05) is 66.2 Å². The SMILES string of the molecule is Cc1ccc(C(NC(=S)Nc2ccc(C)cn2)c2ccccc2)cc1. The molecule has 0 spiro atoms. The summed E-state index contributed by atoms with van der Waals surface area (Å²) in [5.41, 5.74) is 4.68. The van der Waals surface area contributed by atoms with Gasteiger partial charge in [0.05, 0.1) is 6.04 Å². The Morgan fingerprint density at radius 1 is 0.840 bits per heavy atom. The largest absolute Gasteiger partial charge is 0.351 e. The molecule has 3 aromatic rings. The number of aryl methyl sites for hydroxylation is 2. The highest BCUT2D eigenvalue weighted by atomic mass is 32.1. The molecule has 0 fully saturated rings.